The summed E-state index contributed by atoms with van der Waals surface area (Å²) in [6.07, 6.45) is 0.976. The van der Waals surface area contributed by atoms with Gasteiger partial charge in [0.25, 0.3) is 0 Å². The van der Waals surface area contributed by atoms with Crippen molar-refractivity contribution in [3.05, 3.63) is 29.8 Å². The molecule has 1 aliphatic rings. The molecule has 1 N–H and O–H groups in total. The Morgan fingerprint density at radius 1 is 1.37 bits per heavy atom. The van der Waals surface area contributed by atoms with E-state index in [1.807, 2.05) is 0 Å². The molecule has 3 heteroatoms. The van der Waals surface area contributed by atoms with Gasteiger partial charge >= 0.3 is 0 Å². The zero-order valence-electron chi connectivity index (χ0n) is 12.6. The van der Waals surface area contributed by atoms with Crippen LogP contribution in [0.4, 0.5) is 5.69 Å². The summed E-state index contributed by atoms with van der Waals surface area (Å²) in [6.45, 7) is 9.67. The molecule has 1 atom stereocenters. The van der Waals surface area contributed by atoms with Crippen molar-refractivity contribution in [2.24, 2.45) is 0 Å². The van der Waals surface area contributed by atoms with E-state index < -0.39 is 0 Å². The normalized spacial score (nSPS) is 22.5. The lowest BCUT2D eigenvalue weighted by Crippen LogP contribution is -2.61. The molecule has 0 bridgehead atoms. The number of hydrogen-bond acceptors (Lipinski definition) is 3. The smallest absolute Gasteiger partial charge is 0.0503 e. The van der Waals surface area contributed by atoms with Crippen molar-refractivity contribution in [2.75, 3.05) is 31.7 Å². The number of rotatable bonds is 4. The standard InChI is InChI=1S/C16H26N2O/c1-13-11-17-16(2,3)12-18(13)15-8-6-5-7-14(15)9-10-19-4/h5-8,13,17H,9-12H2,1-4H3. The van der Waals surface area contributed by atoms with E-state index >= 15 is 0 Å². The zero-order chi connectivity index (χ0) is 13.9. The van der Waals surface area contributed by atoms with Crippen LogP contribution in [-0.2, 0) is 11.2 Å². The number of ether oxygens (including phenoxy) is 1. The minimum atomic E-state index is 0.168. The van der Waals surface area contributed by atoms with Gasteiger partial charge in [-0.3, -0.25) is 0 Å². The van der Waals surface area contributed by atoms with E-state index in [-0.39, 0.29) is 5.54 Å². The summed E-state index contributed by atoms with van der Waals surface area (Å²) in [5, 5.41) is 3.60. The van der Waals surface area contributed by atoms with Crippen LogP contribution in [-0.4, -0.2) is 38.4 Å². The van der Waals surface area contributed by atoms with E-state index in [1.54, 1.807) is 7.11 Å². The fraction of sp³-hybridized carbons (Fsp3) is 0.625. The van der Waals surface area contributed by atoms with Crippen molar-refractivity contribution >= 4 is 5.69 Å². The first-order valence-corrected chi connectivity index (χ1v) is 7.12. The SMILES string of the molecule is COCCc1ccccc1N1CC(C)(C)NCC1C. The van der Waals surface area contributed by atoms with Crippen LogP contribution < -0.4 is 10.2 Å². The molecule has 1 aromatic rings. The van der Waals surface area contributed by atoms with Gasteiger partial charge in [0, 0.05) is 37.5 Å². The Labute approximate surface area is 116 Å². The second-order valence-corrected chi connectivity index (χ2v) is 6.11. The highest BCUT2D eigenvalue weighted by molar-refractivity contribution is 5.55. The average Bonchev–Trinajstić information content (AvgIpc) is 2.40. The van der Waals surface area contributed by atoms with Gasteiger partial charge in [0.1, 0.15) is 0 Å². The highest BCUT2D eigenvalue weighted by Gasteiger charge is 2.30. The van der Waals surface area contributed by atoms with Gasteiger partial charge in [0.2, 0.25) is 0 Å². The maximum atomic E-state index is 5.23. The molecule has 1 heterocycles. The first-order chi connectivity index (χ1) is 9.03. The number of methoxy groups -OCH3 is 1. The average molecular weight is 262 g/mol. The van der Waals surface area contributed by atoms with Crippen LogP contribution in [0.3, 0.4) is 0 Å². The monoisotopic (exact) mass is 262 g/mol. The Hall–Kier alpha value is -1.06. The van der Waals surface area contributed by atoms with Crippen LogP contribution in [0.1, 0.15) is 26.3 Å². The Bertz CT molecular complexity index is 417. The third-order valence-corrected chi connectivity index (χ3v) is 3.85. The van der Waals surface area contributed by atoms with Crippen LogP contribution in [0.5, 0.6) is 0 Å². The number of para-hydroxylation sites is 1. The number of nitrogens with one attached hydrogen (secondary N) is 1. The van der Waals surface area contributed by atoms with Gasteiger partial charge in [-0.15, -0.1) is 0 Å². The number of benzene rings is 1. The van der Waals surface area contributed by atoms with Gasteiger partial charge in [-0.1, -0.05) is 18.2 Å². The summed E-state index contributed by atoms with van der Waals surface area (Å²) in [4.78, 5) is 2.53. The predicted octanol–water partition coefficient (Wildman–Crippen LogP) is 2.45. The van der Waals surface area contributed by atoms with Crippen molar-refractivity contribution in [3.63, 3.8) is 0 Å². The van der Waals surface area contributed by atoms with Crippen LogP contribution >= 0.6 is 0 Å². The third-order valence-electron chi connectivity index (χ3n) is 3.85. The number of hydrogen-bond donors (Lipinski definition) is 1. The molecule has 106 valence electrons. The van der Waals surface area contributed by atoms with Crippen LogP contribution in [0.25, 0.3) is 0 Å². The molecule has 1 aliphatic heterocycles. The van der Waals surface area contributed by atoms with Crippen LogP contribution in [0.15, 0.2) is 24.3 Å². The largest absolute Gasteiger partial charge is 0.384 e. The molecule has 1 saturated heterocycles. The predicted molar refractivity (Wildman–Crippen MR) is 80.9 cm³/mol. The fourth-order valence-corrected chi connectivity index (χ4v) is 2.71. The van der Waals surface area contributed by atoms with Crippen LogP contribution in [0, 0.1) is 0 Å². The minimum absolute atomic E-state index is 0.168. The molecule has 1 aromatic carbocycles. The first-order valence-electron chi connectivity index (χ1n) is 7.12. The van der Waals surface area contributed by atoms with E-state index in [1.165, 1.54) is 11.3 Å². The highest BCUT2D eigenvalue weighted by atomic mass is 16.5. The van der Waals surface area contributed by atoms with E-state index in [0.717, 1.165) is 26.1 Å². The molecular weight excluding hydrogens is 236 g/mol. The lowest BCUT2D eigenvalue weighted by Gasteiger charge is -2.45. The fourth-order valence-electron chi connectivity index (χ4n) is 2.71. The minimum Gasteiger partial charge on any atom is -0.384 e. The van der Waals surface area contributed by atoms with Gasteiger partial charge < -0.3 is 15.0 Å². The molecule has 3 nitrogen and oxygen atoms in total. The van der Waals surface area contributed by atoms with Crippen molar-refractivity contribution in [2.45, 2.75) is 38.8 Å². The third kappa shape index (κ3) is 3.48. The van der Waals surface area contributed by atoms with Crippen molar-refractivity contribution in [1.82, 2.24) is 5.32 Å². The molecule has 1 fully saturated rings. The van der Waals surface area contributed by atoms with Crippen molar-refractivity contribution < 1.29 is 4.74 Å². The number of nitrogens with zero attached hydrogens (tertiary/aromatic N) is 1. The highest BCUT2D eigenvalue weighted by Crippen LogP contribution is 2.27. The Morgan fingerprint density at radius 2 is 2.11 bits per heavy atom. The molecular formula is C16H26N2O. The Morgan fingerprint density at radius 3 is 2.84 bits per heavy atom. The lowest BCUT2D eigenvalue weighted by atomic mass is 9.97. The van der Waals surface area contributed by atoms with E-state index in [9.17, 15) is 0 Å². The molecule has 1 unspecified atom stereocenters. The van der Waals surface area contributed by atoms with Gasteiger partial charge in [0.05, 0.1) is 6.61 Å². The molecule has 0 aliphatic carbocycles. The summed E-state index contributed by atoms with van der Waals surface area (Å²) in [7, 11) is 1.76. The molecule has 0 radical (unpaired) electrons. The Kier molecular flexibility index (Phi) is 4.48. The number of anilines is 1. The topological polar surface area (TPSA) is 24.5 Å². The van der Waals surface area contributed by atoms with Gasteiger partial charge in [-0.2, -0.15) is 0 Å². The zero-order valence-corrected chi connectivity index (χ0v) is 12.6. The van der Waals surface area contributed by atoms with Gasteiger partial charge in [0.15, 0.2) is 0 Å². The van der Waals surface area contributed by atoms with Crippen molar-refractivity contribution in [3.8, 4) is 0 Å². The molecule has 0 amide bonds. The maximum absolute atomic E-state index is 5.23. The first kappa shape index (κ1) is 14.4. The number of piperazine rings is 1. The second kappa shape index (κ2) is 5.93. The summed E-state index contributed by atoms with van der Waals surface area (Å²) < 4.78 is 5.23. The maximum Gasteiger partial charge on any atom is 0.0503 e. The summed E-state index contributed by atoms with van der Waals surface area (Å²) >= 11 is 0. The van der Waals surface area contributed by atoms with Gasteiger partial charge in [-0.25, -0.2) is 0 Å². The van der Waals surface area contributed by atoms with Crippen molar-refractivity contribution in [1.29, 1.82) is 0 Å². The van der Waals surface area contributed by atoms with Crippen LogP contribution in [0.2, 0.25) is 0 Å². The summed E-state index contributed by atoms with van der Waals surface area (Å²) in [5.41, 5.74) is 2.91. The molecule has 0 spiro atoms. The molecule has 19 heavy (non-hydrogen) atoms. The molecule has 2 rings (SSSR count). The lowest BCUT2D eigenvalue weighted by molar-refractivity contribution is 0.202. The van der Waals surface area contributed by atoms with Gasteiger partial charge in [-0.05, 0) is 38.8 Å². The van der Waals surface area contributed by atoms with E-state index in [4.69, 9.17) is 4.74 Å². The summed E-state index contributed by atoms with van der Waals surface area (Å²) in [6, 6.07) is 9.23. The molecule has 0 aromatic heterocycles. The second-order valence-electron chi connectivity index (χ2n) is 6.11. The quantitative estimate of drug-likeness (QED) is 0.902. The van der Waals surface area contributed by atoms with E-state index in [0.29, 0.717) is 6.04 Å². The van der Waals surface area contributed by atoms with E-state index in [2.05, 4.69) is 55.3 Å². The summed E-state index contributed by atoms with van der Waals surface area (Å²) in [5.74, 6) is 0. The Balaban J connectivity index is 2.24. The molecule has 0 saturated carbocycles.